The Hall–Kier alpha value is -4.64. The van der Waals surface area contributed by atoms with Gasteiger partial charge in [0.25, 0.3) is 11.8 Å². The number of aliphatic imine (C=N–C) groups is 1. The van der Waals surface area contributed by atoms with Gasteiger partial charge in [-0.15, -0.1) is 0 Å². The minimum absolute atomic E-state index is 0.229. The van der Waals surface area contributed by atoms with Crippen LogP contribution in [0.1, 0.15) is 28.1 Å². The number of carbonyl (C=O) groups is 4. The number of hydrogen-bond acceptors (Lipinski definition) is 7. The van der Waals surface area contributed by atoms with Crippen LogP contribution in [-0.4, -0.2) is 59.7 Å². The number of methoxy groups -OCH3 is 1. The molecule has 3 atom stereocenters. The Kier molecular flexibility index (Phi) is 9.18. The van der Waals surface area contributed by atoms with Crippen LogP contribution >= 0.6 is 11.8 Å². The molecule has 3 aromatic rings. The van der Waals surface area contributed by atoms with Gasteiger partial charge in [-0.3, -0.25) is 29.1 Å². The van der Waals surface area contributed by atoms with E-state index < -0.39 is 47.6 Å². The number of carboxylic acid groups (broad SMARTS) is 1. The maximum Gasteiger partial charge on any atom is 0.325 e. The molecular formula is C29H28N4O6S. The molecule has 3 aromatic carbocycles. The predicted molar refractivity (Wildman–Crippen MR) is 152 cm³/mol. The number of hydrogen-bond donors (Lipinski definition) is 3. The van der Waals surface area contributed by atoms with E-state index in [-0.39, 0.29) is 5.17 Å². The topological polar surface area (TPSA) is 137 Å². The van der Waals surface area contributed by atoms with Crippen molar-refractivity contribution in [3.63, 3.8) is 0 Å². The second kappa shape index (κ2) is 12.9. The number of nitrogens with zero attached hydrogens (tertiary/aromatic N) is 2. The summed E-state index contributed by atoms with van der Waals surface area (Å²) in [5.41, 5.74) is 1.65. The molecule has 0 aliphatic carbocycles. The number of benzene rings is 3. The third-order valence-electron chi connectivity index (χ3n) is 6.10. The van der Waals surface area contributed by atoms with Crippen LogP contribution in [0.5, 0.6) is 5.75 Å². The van der Waals surface area contributed by atoms with Gasteiger partial charge in [-0.05, 0) is 48.9 Å². The highest BCUT2D eigenvalue weighted by Gasteiger charge is 2.43. The number of amidine groups is 1. The van der Waals surface area contributed by atoms with Gasteiger partial charge < -0.3 is 20.5 Å². The third-order valence-corrected chi connectivity index (χ3v) is 7.42. The highest BCUT2D eigenvalue weighted by molar-refractivity contribution is 8.14. The van der Waals surface area contributed by atoms with Crippen LogP contribution in [0.25, 0.3) is 0 Å². The van der Waals surface area contributed by atoms with Crippen molar-refractivity contribution >= 4 is 46.3 Å². The van der Waals surface area contributed by atoms with Gasteiger partial charge in [0, 0.05) is 5.56 Å². The standard InChI is InChI=1S/C29H28N4O6S/c1-18(28(37)38)31-23(34)17-30-29-33(21-13-15-22(39-2)16-14-21)27(36)24(25(40-29)19-9-5-3-6-10-19)32-26(35)20-11-7-4-8-12-20/h3-16,18,24-25H,17H2,1-2H3,(H,31,34)(H,32,35)(H,37,38)/t18?,24-,25+/m0/s1. The molecule has 10 nitrogen and oxygen atoms in total. The van der Waals surface area contributed by atoms with Gasteiger partial charge in [0.2, 0.25) is 5.91 Å². The highest BCUT2D eigenvalue weighted by Crippen LogP contribution is 2.41. The third kappa shape index (κ3) is 6.67. The summed E-state index contributed by atoms with van der Waals surface area (Å²) in [5.74, 6) is -2.06. The molecule has 1 saturated heterocycles. The van der Waals surface area contributed by atoms with Crippen LogP contribution in [0.4, 0.5) is 5.69 Å². The van der Waals surface area contributed by atoms with E-state index in [1.165, 1.54) is 30.7 Å². The van der Waals surface area contributed by atoms with E-state index in [1.54, 1.807) is 54.6 Å². The van der Waals surface area contributed by atoms with Crippen molar-refractivity contribution in [1.29, 1.82) is 0 Å². The lowest BCUT2D eigenvalue weighted by molar-refractivity contribution is -0.141. The number of thioether (sulfide) groups is 1. The Labute approximate surface area is 235 Å². The fourth-order valence-electron chi connectivity index (χ4n) is 4.02. The maximum absolute atomic E-state index is 14.2. The van der Waals surface area contributed by atoms with E-state index in [0.29, 0.717) is 17.0 Å². The van der Waals surface area contributed by atoms with Crippen molar-refractivity contribution in [1.82, 2.24) is 10.6 Å². The summed E-state index contributed by atoms with van der Waals surface area (Å²) in [7, 11) is 1.53. The summed E-state index contributed by atoms with van der Waals surface area (Å²) < 4.78 is 5.25. The van der Waals surface area contributed by atoms with Gasteiger partial charge in [-0.25, -0.2) is 0 Å². The number of nitrogens with one attached hydrogen (secondary N) is 2. The van der Waals surface area contributed by atoms with Crippen molar-refractivity contribution in [2.45, 2.75) is 24.3 Å². The Morgan fingerprint density at radius 3 is 2.23 bits per heavy atom. The normalized spacial score (nSPS) is 18.6. The molecule has 1 aliphatic rings. The number of aliphatic carboxylic acids is 1. The Bertz CT molecular complexity index is 1400. The zero-order valence-electron chi connectivity index (χ0n) is 21.8. The van der Waals surface area contributed by atoms with Crippen molar-refractivity contribution in [3.05, 3.63) is 96.1 Å². The number of carbonyl (C=O) groups excluding carboxylic acids is 3. The molecule has 1 unspecified atom stereocenters. The molecule has 11 heteroatoms. The fraction of sp³-hybridized carbons (Fsp3) is 0.207. The second-order valence-corrected chi connectivity index (χ2v) is 9.97. The number of ether oxygens (including phenoxy) is 1. The highest BCUT2D eigenvalue weighted by atomic mass is 32.2. The van der Waals surface area contributed by atoms with E-state index in [4.69, 9.17) is 9.84 Å². The summed E-state index contributed by atoms with van der Waals surface area (Å²) in [4.78, 5) is 56.7. The summed E-state index contributed by atoms with van der Waals surface area (Å²) in [6.45, 7) is 0.948. The first kappa shape index (κ1) is 28.4. The second-order valence-electron chi connectivity index (χ2n) is 8.86. The summed E-state index contributed by atoms with van der Waals surface area (Å²) in [5, 5.41) is 14.0. The van der Waals surface area contributed by atoms with E-state index >= 15 is 0 Å². The van der Waals surface area contributed by atoms with Crippen LogP contribution in [0.15, 0.2) is 89.9 Å². The molecule has 0 radical (unpaired) electrons. The minimum Gasteiger partial charge on any atom is -0.497 e. The van der Waals surface area contributed by atoms with Crippen molar-refractivity contribution in [3.8, 4) is 5.75 Å². The first-order valence-corrected chi connectivity index (χ1v) is 13.3. The lowest BCUT2D eigenvalue weighted by Gasteiger charge is -2.38. The Balaban J connectivity index is 1.73. The molecule has 1 heterocycles. The molecule has 0 spiro atoms. The molecule has 0 bridgehead atoms. The van der Waals surface area contributed by atoms with Gasteiger partial charge in [0.05, 0.1) is 18.0 Å². The first-order valence-electron chi connectivity index (χ1n) is 12.4. The van der Waals surface area contributed by atoms with Gasteiger partial charge in [-0.2, -0.15) is 0 Å². The van der Waals surface area contributed by atoms with Crippen molar-refractivity contribution in [2.75, 3.05) is 18.6 Å². The number of anilines is 1. The molecule has 40 heavy (non-hydrogen) atoms. The monoisotopic (exact) mass is 560 g/mol. The molecule has 0 aromatic heterocycles. The summed E-state index contributed by atoms with van der Waals surface area (Å²) in [6, 6.07) is 22.5. The van der Waals surface area contributed by atoms with Crippen LogP contribution < -0.4 is 20.3 Å². The fourth-order valence-corrected chi connectivity index (χ4v) is 5.30. The van der Waals surface area contributed by atoms with Crippen molar-refractivity contribution < 1.29 is 29.0 Å². The van der Waals surface area contributed by atoms with E-state index in [2.05, 4.69) is 15.6 Å². The SMILES string of the molecule is COc1ccc(N2C(=O)[C@@H](NC(=O)c3ccccc3)[C@@H](c3ccccc3)SC2=NCC(=O)NC(C)C(=O)O)cc1. The smallest absolute Gasteiger partial charge is 0.325 e. The maximum atomic E-state index is 14.2. The molecule has 206 valence electrons. The molecule has 1 fully saturated rings. The number of amides is 3. The van der Waals surface area contributed by atoms with Crippen LogP contribution in [0.3, 0.4) is 0 Å². The van der Waals surface area contributed by atoms with Crippen molar-refractivity contribution in [2.24, 2.45) is 4.99 Å². The molecule has 0 saturated carbocycles. The van der Waals surface area contributed by atoms with Gasteiger partial charge >= 0.3 is 5.97 Å². The van der Waals surface area contributed by atoms with Gasteiger partial charge in [-0.1, -0.05) is 60.3 Å². The van der Waals surface area contributed by atoms with E-state index in [0.717, 1.165) is 5.56 Å². The lowest BCUT2D eigenvalue weighted by Crippen LogP contribution is -2.56. The quantitative estimate of drug-likeness (QED) is 0.365. The number of rotatable bonds is 9. The molecule has 3 N–H and O–H groups in total. The summed E-state index contributed by atoms with van der Waals surface area (Å²) in [6.07, 6.45) is 0. The lowest BCUT2D eigenvalue weighted by atomic mass is 10.0. The van der Waals surface area contributed by atoms with Crippen LogP contribution in [0, 0.1) is 0 Å². The average molecular weight is 561 g/mol. The van der Waals surface area contributed by atoms with E-state index in [1.807, 2.05) is 30.3 Å². The Morgan fingerprint density at radius 1 is 1.00 bits per heavy atom. The molecule has 3 amide bonds. The summed E-state index contributed by atoms with van der Waals surface area (Å²) >= 11 is 1.23. The molecule has 1 aliphatic heterocycles. The predicted octanol–water partition coefficient (Wildman–Crippen LogP) is 3.26. The van der Waals surface area contributed by atoms with E-state index in [9.17, 15) is 19.2 Å². The van der Waals surface area contributed by atoms with Gasteiger partial charge in [0.15, 0.2) is 5.17 Å². The van der Waals surface area contributed by atoms with Gasteiger partial charge in [0.1, 0.15) is 24.4 Å². The van der Waals surface area contributed by atoms with Crippen LogP contribution in [-0.2, 0) is 14.4 Å². The number of carboxylic acids is 1. The Morgan fingerprint density at radius 2 is 1.62 bits per heavy atom. The largest absolute Gasteiger partial charge is 0.497 e. The molecule has 4 rings (SSSR count). The molecular weight excluding hydrogens is 532 g/mol. The zero-order chi connectivity index (χ0) is 28.6. The average Bonchev–Trinajstić information content (AvgIpc) is 2.98. The zero-order valence-corrected chi connectivity index (χ0v) is 22.6. The first-order chi connectivity index (χ1) is 19.3. The minimum atomic E-state index is -1.18. The van der Waals surface area contributed by atoms with Crippen LogP contribution in [0.2, 0.25) is 0 Å².